The summed E-state index contributed by atoms with van der Waals surface area (Å²) in [6, 6.07) is 5.45. The van der Waals surface area contributed by atoms with Gasteiger partial charge in [0.1, 0.15) is 0 Å². The molecule has 0 radical (unpaired) electrons. The largest absolute Gasteiger partial charge is 0.310 e. The highest BCUT2D eigenvalue weighted by molar-refractivity contribution is 5.20. The van der Waals surface area contributed by atoms with E-state index in [0.29, 0.717) is 12.1 Å². The molecule has 3 nitrogen and oxygen atoms in total. The Morgan fingerprint density at radius 3 is 3.00 bits per heavy atom. The van der Waals surface area contributed by atoms with Crippen molar-refractivity contribution in [2.45, 2.75) is 58.8 Å². The molecule has 2 heterocycles. The van der Waals surface area contributed by atoms with E-state index in [-0.39, 0.29) is 0 Å². The highest BCUT2D eigenvalue weighted by atomic mass is 15.2. The van der Waals surface area contributed by atoms with Gasteiger partial charge in [0.2, 0.25) is 0 Å². The summed E-state index contributed by atoms with van der Waals surface area (Å²) in [4.78, 5) is 7.12. The van der Waals surface area contributed by atoms with Crippen molar-refractivity contribution in [3.63, 3.8) is 0 Å². The molecule has 1 aliphatic heterocycles. The predicted molar refractivity (Wildman–Crippen MR) is 75.3 cm³/mol. The standard InChI is InChI=1S/C15H25N3/c1-12(2)17-10-14-7-4-8-16-15(14)11-18-9-5-6-13(18)3/h4,7-8,12-13,17H,5-6,9-11H2,1-3H3. The SMILES string of the molecule is CC(C)NCc1cccnc1CN1CCCC1C. The van der Waals surface area contributed by atoms with Gasteiger partial charge in [0, 0.05) is 31.4 Å². The molecule has 1 aromatic heterocycles. The van der Waals surface area contributed by atoms with Gasteiger partial charge in [-0.05, 0) is 37.9 Å². The van der Waals surface area contributed by atoms with E-state index in [1.54, 1.807) is 0 Å². The van der Waals surface area contributed by atoms with E-state index in [9.17, 15) is 0 Å². The van der Waals surface area contributed by atoms with Crippen LogP contribution in [0.5, 0.6) is 0 Å². The van der Waals surface area contributed by atoms with Crippen molar-refractivity contribution < 1.29 is 0 Å². The zero-order chi connectivity index (χ0) is 13.0. The van der Waals surface area contributed by atoms with E-state index in [1.165, 1.54) is 30.6 Å². The Kier molecular flexibility index (Phi) is 4.72. The van der Waals surface area contributed by atoms with Gasteiger partial charge < -0.3 is 5.32 Å². The monoisotopic (exact) mass is 247 g/mol. The Morgan fingerprint density at radius 2 is 2.33 bits per heavy atom. The normalized spacial score (nSPS) is 20.8. The van der Waals surface area contributed by atoms with Gasteiger partial charge in [0.25, 0.3) is 0 Å². The summed E-state index contributed by atoms with van der Waals surface area (Å²) < 4.78 is 0. The summed E-state index contributed by atoms with van der Waals surface area (Å²) in [6.07, 6.45) is 4.56. The van der Waals surface area contributed by atoms with Crippen LogP contribution >= 0.6 is 0 Å². The second-order valence-corrected chi connectivity index (χ2v) is 5.61. The van der Waals surface area contributed by atoms with Crippen molar-refractivity contribution in [1.29, 1.82) is 0 Å². The number of aromatic nitrogens is 1. The lowest BCUT2D eigenvalue weighted by molar-refractivity contribution is 0.256. The molecule has 1 atom stereocenters. The molecule has 3 heteroatoms. The zero-order valence-corrected chi connectivity index (χ0v) is 11.8. The third-order valence-corrected chi connectivity index (χ3v) is 3.73. The van der Waals surface area contributed by atoms with Crippen LogP contribution < -0.4 is 5.32 Å². The van der Waals surface area contributed by atoms with Crippen LogP contribution in [-0.4, -0.2) is 28.5 Å². The topological polar surface area (TPSA) is 28.2 Å². The van der Waals surface area contributed by atoms with Crippen molar-refractivity contribution in [2.75, 3.05) is 6.54 Å². The molecule has 0 bridgehead atoms. The third kappa shape index (κ3) is 3.53. The van der Waals surface area contributed by atoms with Gasteiger partial charge >= 0.3 is 0 Å². The molecule has 1 saturated heterocycles. The van der Waals surface area contributed by atoms with Crippen molar-refractivity contribution in [1.82, 2.24) is 15.2 Å². The lowest BCUT2D eigenvalue weighted by Crippen LogP contribution is -2.28. The van der Waals surface area contributed by atoms with Crippen molar-refractivity contribution in [2.24, 2.45) is 0 Å². The Hall–Kier alpha value is -0.930. The maximum absolute atomic E-state index is 4.57. The second kappa shape index (κ2) is 6.30. The van der Waals surface area contributed by atoms with Crippen LogP contribution in [0.1, 0.15) is 44.9 Å². The third-order valence-electron chi connectivity index (χ3n) is 3.73. The van der Waals surface area contributed by atoms with Gasteiger partial charge in [-0.15, -0.1) is 0 Å². The average molecular weight is 247 g/mol. The number of pyridine rings is 1. The first-order valence-corrected chi connectivity index (χ1v) is 7.07. The summed E-state index contributed by atoms with van der Waals surface area (Å²) >= 11 is 0. The quantitative estimate of drug-likeness (QED) is 0.867. The van der Waals surface area contributed by atoms with Crippen molar-refractivity contribution in [3.8, 4) is 0 Å². The Morgan fingerprint density at radius 1 is 1.50 bits per heavy atom. The van der Waals surface area contributed by atoms with Gasteiger partial charge in [-0.1, -0.05) is 19.9 Å². The lowest BCUT2D eigenvalue weighted by atomic mass is 10.1. The van der Waals surface area contributed by atoms with Crippen molar-refractivity contribution in [3.05, 3.63) is 29.6 Å². The molecule has 100 valence electrons. The molecule has 1 N–H and O–H groups in total. The Balaban J connectivity index is 2.02. The molecular weight excluding hydrogens is 222 g/mol. The molecule has 0 amide bonds. The Bertz CT molecular complexity index is 376. The molecular formula is C15H25N3. The van der Waals surface area contributed by atoms with Crippen LogP contribution in [0.2, 0.25) is 0 Å². The van der Waals surface area contributed by atoms with E-state index in [1.807, 2.05) is 12.3 Å². The molecule has 1 aliphatic rings. The molecule has 0 aromatic carbocycles. The van der Waals surface area contributed by atoms with E-state index in [4.69, 9.17) is 0 Å². The first kappa shape index (κ1) is 13.5. The minimum atomic E-state index is 0.517. The summed E-state index contributed by atoms with van der Waals surface area (Å²) in [5.74, 6) is 0. The van der Waals surface area contributed by atoms with Gasteiger partial charge in [-0.3, -0.25) is 9.88 Å². The second-order valence-electron chi connectivity index (χ2n) is 5.61. The molecule has 0 saturated carbocycles. The molecule has 1 fully saturated rings. The summed E-state index contributed by atoms with van der Waals surface area (Å²) in [7, 11) is 0. The fraction of sp³-hybridized carbons (Fsp3) is 0.667. The molecule has 1 unspecified atom stereocenters. The van der Waals surface area contributed by atoms with Gasteiger partial charge in [0.15, 0.2) is 0 Å². The molecule has 2 rings (SSSR count). The number of likely N-dealkylation sites (tertiary alicyclic amines) is 1. The summed E-state index contributed by atoms with van der Waals surface area (Å²) in [6.45, 7) is 9.81. The van der Waals surface area contributed by atoms with Crippen LogP contribution in [0.4, 0.5) is 0 Å². The van der Waals surface area contributed by atoms with Crippen LogP contribution in [0.25, 0.3) is 0 Å². The zero-order valence-electron chi connectivity index (χ0n) is 11.8. The maximum Gasteiger partial charge on any atom is 0.0588 e. The minimum absolute atomic E-state index is 0.517. The van der Waals surface area contributed by atoms with E-state index >= 15 is 0 Å². The highest BCUT2D eigenvalue weighted by Gasteiger charge is 2.21. The fourth-order valence-electron chi connectivity index (χ4n) is 2.51. The predicted octanol–water partition coefficient (Wildman–Crippen LogP) is 2.56. The molecule has 18 heavy (non-hydrogen) atoms. The van der Waals surface area contributed by atoms with E-state index in [2.05, 4.69) is 42.0 Å². The lowest BCUT2D eigenvalue weighted by Gasteiger charge is -2.22. The number of hydrogen-bond acceptors (Lipinski definition) is 3. The Labute approximate surface area is 111 Å². The highest BCUT2D eigenvalue weighted by Crippen LogP contribution is 2.20. The number of hydrogen-bond donors (Lipinski definition) is 1. The van der Waals surface area contributed by atoms with Crippen LogP contribution in [0.15, 0.2) is 18.3 Å². The number of nitrogens with zero attached hydrogens (tertiary/aromatic N) is 2. The fourth-order valence-corrected chi connectivity index (χ4v) is 2.51. The van der Waals surface area contributed by atoms with Gasteiger partial charge in [-0.2, -0.15) is 0 Å². The first-order chi connectivity index (χ1) is 8.66. The molecule has 0 aliphatic carbocycles. The maximum atomic E-state index is 4.57. The first-order valence-electron chi connectivity index (χ1n) is 7.07. The van der Waals surface area contributed by atoms with Gasteiger partial charge in [0.05, 0.1) is 5.69 Å². The van der Waals surface area contributed by atoms with Crippen LogP contribution in [-0.2, 0) is 13.1 Å². The van der Waals surface area contributed by atoms with E-state index < -0.39 is 0 Å². The van der Waals surface area contributed by atoms with Crippen LogP contribution in [0, 0.1) is 0 Å². The minimum Gasteiger partial charge on any atom is -0.310 e. The summed E-state index contributed by atoms with van der Waals surface area (Å²) in [5.41, 5.74) is 2.57. The number of rotatable bonds is 5. The van der Waals surface area contributed by atoms with Crippen LogP contribution in [0.3, 0.4) is 0 Å². The number of nitrogens with one attached hydrogen (secondary N) is 1. The van der Waals surface area contributed by atoms with Gasteiger partial charge in [-0.25, -0.2) is 0 Å². The molecule has 0 spiro atoms. The van der Waals surface area contributed by atoms with E-state index in [0.717, 1.165) is 13.1 Å². The average Bonchev–Trinajstić information content (AvgIpc) is 2.74. The summed E-state index contributed by atoms with van der Waals surface area (Å²) in [5, 5.41) is 3.48. The van der Waals surface area contributed by atoms with Crippen molar-refractivity contribution >= 4 is 0 Å². The smallest absolute Gasteiger partial charge is 0.0588 e. The molecule has 1 aromatic rings.